The molecule has 2 aromatic heterocycles. The van der Waals surface area contributed by atoms with E-state index in [4.69, 9.17) is 11.5 Å². The van der Waals surface area contributed by atoms with Gasteiger partial charge in [-0.15, -0.1) is 11.3 Å². The summed E-state index contributed by atoms with van der Waals surface area (Å²) in [5, 5.41) is 1.77. The number of nitrogens with zero attached hydrogens (tertiary/aromatic N) is 2. The number of rotatable bonds is 5. The van der Waals surface area contributed by atoms with Gasteiger partial charge < -0.3 is 11.5 Å². The number of carbonyl (C=O) groups is 2. The summed E-state index contributed by atoms with van der Waals surface area (Å²) in [5.41, 5.74) is 11.5. The Kier molecular flexibility index (Phi) is 3.86. The molecular formula is C12H12N4O2S. The van der Waals surface area contributed by atoms with E-state index in [9.17, 15) is 9.59 Å². The average molecular weight is 276 g/mol. The molecule has 0 bridgehead atoms. The van der Waals surface area contributed by atoms with Crippen molar-refractivity contribution in [2.75, 3.05) is 5.73 Å². The maximum Gasteiger partial charge on any atom is 0.268 e. The Morgan fingerprint density at radius 1 is 1.26 bits per heavy atom. The molecular weight excluding hydrogens is 264 g/mol. The Balaban J connectivity index is 1.99. The van der Waals surface area contributed by atoms with Gasteiger partial charge in [0.05, 0.1) is 0 Å². The lowest BCUT2D eigenvalue weighted by Crippen LogP contribution is -2.12. The van der Waals surface area contributed by atoms with Crippen LogP contribution in [0.3, 0.4) is 0 Å². The number of anilines is 1. The third kappa shape index (κ3) is 3.35. The fourth-order valence-electron chi connectivity index (χ4n) is 1.50. The summed E-state index contributed by atoms with van der Waals surface area (Å²) in [6.07, 6.45) is 0.748. The van der Waals surface area contributed by atoms with Crippen molar-refractivity contribution in [3.63, 3.8) is 0 Å². The molecule has 2 aromatic rings. The van der Waals surface area contributed by atoms with Gasteiger partial charge >= 0.3 is 0 Å². The summed E-state index contributed by atoms with van der Waals surface area (Å²) in [6, 6.07) is 5.28. The van der Waals surface area contributed by atoms with Crippen LogP contribution in [0.15, 0.2) is 23.6 Å². The number of Topliss-reactive ketones (excluding diaryl/α,β-unsaturated/α-hetero) is 1. The minimum atomic E-state index is -0.632. The quantitative estimate of drug-likeness (QED) is 0.792. The maximum atomic E-state index is 11.9. The van der Waals surface area contributed by atoms with E-state index in [0.29, 0.717) is 12.2 Å². The zero-order valence-electron chi connectivity index (χ0n) is 10.00. The van der Waals surface area contributed by atoms with Gasteiger partial charge in [0.1, 0.15) is 11.5 Å². The van der Waals surface area contributed by atoms with Crippen LogP contribution in [0, 0.1) is 0 Å². The smallest absolute Gasteiger partial charge is 0.268 e. The summed E-state index contributed by atoms with van der Waals surface area (Å²) < 4.78 is 0. The number of aryl methyl sites for hydroxylation is 1. The number of pyridine rings is 1. The Bertz CT molecular complexity index is 624. The second-order valence-corrected chi connectivity index (χ2v) is 4.74. The number of aromatic nitrogens is 2. The van der Waals surface area contributed by atoms with Gasteiger partial charge in [-0.2, -0.15) is 0 Å². The van der Waals surface area contributed by atoms with Crippen LogP contribution < -0.4 is 11.5 Å². The minimum absolute atomic E-state index is 0.121. The predicted octanol–water partition coefficient (Wildman–Crippen LogP) is 1.03. The summed E-state index contributed by atoms with van der Waals surface area (Å²) in [7, 11) is 0. The predicted molar refractivity (Wildman–Crippen MR) is 71.9 cm³/mol. The highest BCUT2D eigenvalue weighted by atomic mass is 32.1. The average Bonchev–Trinajstić information content (AvgIpc) is 2.86. The van der Waals surface area contributed by atoms with Crippen LogP contribution in [-0.2, 0) is 6.42 Å². The number of hydrogen-bond donors (Lipinski definition) is 2. The molecule has 7 heteroatoms. The molecule has 0 spiro atoms. The van der Waals surface area contributed by atoms with Crippen molar-refractivity contribution in [3.8, 4) is 0 Å². The lowest BCUT2D eigenvalue weighted by Gasteiger charge is -2.00. The highest BCUT2D eigenvalue weighted by Crippen LogP contribution is 2.13. The first-order valence-corrected chi connectivity index (χ1v) is 6.44. The van der Waals surface area contributed by atoms with E-state index in [2.05, 4.69) is 9.97 Å². The van der Waals surface area contributed by atoms with Gasteiger partial charge in [-0.3, -0.25) is 9.59 Å². The minimum Gasteiger partial charge on any atom is -0.384 e. The molecule has 0 aliphatic rings. The van der Waals surface area contributed by atoms with E-state index in [1.807, 2.05) is 0 Å². The van der Waals surface area contributed by atoms with E-state index in [-0.39, 0.29) is 22.9 Å². The van der Waals surface area contributed by atoms with Gasteiger partial charge in [-0.1, -0.05) is 6.07 Å². The Hall–Kier alpha value is -2.28. The summed E-state index contributed by atoms with van der Waals surface area (Å²) in [6.45, 7) is 0. The van der Waals surface area contributed by atoms with Gasteiger partial charge in [0.2, 0.25) is 0 Å². The molecule has 0 saturated heterocycles. The van der Waals surface area contributed by atoms with E-state index in [1.54, 1.807) is 18.2 Å². The van der Waals surface area contributed by atoms with Crippen molar-refractivity contribution >= 4 is 28.8 Å². The second kappa shape index (κ2) is 5.57. The maximum absolute atomic E-state index is 11.9. The van der Waals surface area contributed by atoms with Crippen molar-refractivity contribution in [1.29, 1.82) is 0 Å². The number of ketones is 1. The van der Waals surface area contributed by atoms with Gasteiger partial charge in [-0.25, -0.2) is 9.97 Å². The molecule has 0 radical (unpaired) electrons. The van der Waals surface area contributed by atoms with Crippen LogP contribution in [0.1, 0.15) is 32.4 Å². The van der Waals surface area contributed by atoms with Gasteiger partial charge in [0.25, 0.3) is 5.91 Å². The van der Waals surface area contributed by atoms with Crippen molar-refractivity contribution in [3.05, 3.63) is 40.0 Å². The number of thiazole rings is 1. The molecule has 0 atom stereocenters. The monoisotopic (exact) mass is 276 g/mol. The van der Waals surface area contributed by atoms with Crippen LogP contribution in [-0.4, -0.2) is 21.7 Å². The number of carbonyl (C=O) groups excluding carboxylic acids is 2. The molecule has 0 aliphatic heterocycles. The number of nitrogens with two attached hydrogens (primary N) is 2. The van der Waals surface area contributed by atoms with E-state index >= 15 is 0 Å². The first kappa shape index (κ1) is 13.2. The Labute approximate surface area is 113 Å². The lowest BCUT2D eigenvalue weighted by molar-refractivity contribution is 0.0982. The molecule has 98 valence electrons. The highest BCUT2D eigenvalue weighted by molar-refractivity contribution is 7.11. The molecule has 2 rings (SSSR count). The van der Waals surface area contributed by atoms with Crippen molar-refractivity contribution in [2.24, 2.45) is 5.73 Å². The zero-order chi connectivity index (χ0) is 13.8. The number of primary amides is 1. The fraction of sp³-hybridized carbons (Fsp3) is 0.167. The number of hydrogen-bond acceptors (Lipinski definition) is 6. The number of nitrogen functional groups attached to an aromatic ring is 1. The molecule has 0 fully saturated rings. The number of amides is 1. The van der Waals surface area contributed by atoms with Crippen molar-refractivity contribution < 1.29 is 9.59 Å². The first-order valence-electron chi connectivity index (χ1n) is 5.56. The van der Waals surface area contributed by atoms with E-state index < -0.39 is 5.91 Å². The first-order chi connectivity index (χ1) is 9.06. The van der Waals surface area contributed by atoms with Crippen LogP contribution in [0.4, 0.5) is 5.82 Å². The van der Waals surface area contributed by atoms with E-state index in [0.717, 1.165) is 17.0 Å². The molecule has 0 aliphatic carbocycles. The molecule has 0 unspecified atom stereocenters. The molecule has 0 aromatic carbocycles. The normalized spacial score (nSPS) is 10.3. The molecule has 1 amide bonds. The molecule has 2 heterocycles. The lowest BCUT2D eigenvalue weighted by atomic mass is 10.1. The second-order valence-electron chi connectivity index (χ2n) is 3.88. The summed E-state index contributed by atoms with van der Waals surface area (Å²) in [5.74, 6) is -0.343. The van der Waals surface area contributed by atoms with Crippen LogP contribution >= 0.6 is 11.3 Å². The van der Waals surface area contributed by atoms with Crippen molar-refractivity contribution in [1.82, 2.24) is 9.97 Å². The van der Waals surface area contributed by atoms with Crippen LogP contribution in [0.5, 0.6) is 0 Å². The molecule has 4 N–H and O–H groups in total. The topological polar surface area (TPSA) is 112 Å². The summed E-state index contributed by atoms with van der Waals surface area (Å²) >= 11 is 1.12. The van der Waals surface area contributed by atoms with Gasteiger partial charge in [0, 0.05) is 17.5 Å². The van der Waals surface area contributed by atoms with Crippen molar-refractivity contribution in [2.45, 2.75) is 12.8 Å². The largest absolute Gasteiger partial charge is 0.384 e. The van der Waals surface area contributed by atoms with Crippen LogP contribution in [0.25, 0.3) is 0 Å². The zero-order valence-corrected chi connectivity index (χ0v) is 10.8. The SMILES string of the molecule is NC(=O)c1csc(C(=O)CCc2cccc(N)n2)n1. The third-order valence-corrected chi connectivity index (χ3v) is 3.32. The highest BCUT2D eigenvalue weighted by Gasteiger charge is 2.13. The Morgan fingerprint density at radius 2 is 2.05 bits per heavy atom. The van der Waals surface area contributed by atoms with Gasteiger partial charge in [0.15, 0.2) is 10.8 Å². The molecule has 0 saturated carbocycles. The van der Waals surface area contributed by atoms with Crippen LogP contribution in [0.2, 0.25) is 0 Å². The molecule has 19 heavy (non-hydrogen) atoms. The standard InChI is InChI=1S/C12H12N4O2S/c13-10-3-1-2-7(15-10)4-5-9(17)12-16-8(6-19-12)11(14)18/h1-3,6H,4-5H2,(H2,13,15)(H2,14,18). The molecule has 6 nitrogen and oxygen atoms in total. The van der Waals surface area contributed by atoms with E-state index in [1.165, 1.54) is 5.38 Å². The third-order valence-electron chi connectivity index (χ3n) is 2.43. The summed E-state index contributed by atoms with van der Waals surface area (Å²) in [4.78, 5) is 30.8. The fourth-order valence-corrected chi connectivity index (χ4v) is 2.28. The Morgan fingerprint density at radius 3 is 2.68 bits per heavy atom. The van der Waals surface area contributed by atoms with Gasteiger partial charge in [-0.05, 0) is 18.6 Å².